The Morgan fingerprint density at radius 3 is 3.05 bits per heavy atom. The first kappa shape index (κ1) is 13.7. The molecule has 2 amide bonds. The van der Waals surface area contributed by atoms with E-state index in [1.54, 1.807) is 10.9 Å². The average Bonchev–Trinajstić information content (AvgIpc) is 3.04. The third-order valence-corrected chi connectivity index (χ3v) is 3.84. The fraction of sp³-hybridized carbons (Fsp3) is 0.545. The first-order valence-electron chi connectivity index (χ1n) is 6.01. The Kier molecular flexibility index (Phi) is 4.67. The number of rotatable bonds is 5. The summed E-state index contributed by atoms with van der Waals surface area (Å²) in [5.41, 5.74) is 0. The van der Waals surface area contributed by atoms with Crippen molar-refractivity contribution >= 4 is 23.8 Å². The molecule has 1 fully saturated rings. The van der Waals surface area contributed by atoms with Crippen LogP contribution in [-0.2, 0) is 11.3 Å². The number of aliphatic carboxylic acids is 1. The molecule has 2 rings (SSSR count). The normalized spacial score (nSPS) is 18.5. The molecule has 104 valence electrons. The van der Waals surface area contributed by atoms with Gasteiger partial charge in [-0.2, -0.15) is 5.10 Å². The van der Waals surface area contributed by atoms with Gasteiger partial charge in [0.25, 0.3) is 0 Å². The summed E-state index contributed by atoms with van der Waals surface area (Å²) in [5, 5.41) is 15.8. The lowest BCUT2D eigenvalue weighted by Gasteiger charge is -2.20. The summed E-state index contributed by atoms with van der Waals surface area (Å²) in [6, 6.07) is 0.825. The van der Waals surface area contributed by atoms with Gasteiger partial charge in [-0.05, 0) is 12.5 Å². The molecule has 7 nitrogen and oxygen atoms in total. The van der Waals surface area contributed by atoms with Crippen LogP contribution in [0.25, 0.3) is 0 Å². The molecule has 0 radical (unpaired) electrons. The second kappa shape index (κ2) is 6.46. The van der Waals surface area contributed by atoms with Gasteiger partial charge in [-0.3, -0.25) is 4.68 Å². The molecule has 1 aromatic heterocycles. The van der Waals surface area contributed by atoms with E-state index in [1.807, 2.05) is 12.3 Å². The molecule has 1 aliphatic rings. The summed E-state index contributed by atoms with van der Waals surface area (Å²) in [4.78, 5) is 24.2. The Balaban J connectivity index is 1.70. The van der Waals surface area contributed by atoms with E-state index in [4.69, 9.17) is 5.11 Å². The van der Waals surface area contributed by atoms with Crippen molar-refractivity contribution in [2.45, 2.75) is 19.0 Å². The maximum atomic E-state index is 11.8. The number of carboxylic acid groups (broad SMARTS) is 1. The maximum absolute atomic E-state index is 11.8. The lowest BCUT2D eigenvalue weighted by molar-refractivity contribution is -0.140. The van der Waals surface area contributed by atoms with E-state index in [0.717, 1.165) is 13.0 Å². The average molecular weight is 284 g/mol. The Morgan fingerprint density at radius 1 is 1.53 bits per heavy atom. The van der Waals surface area contributed by atoms with E-state index in [0.29, 0.717) is 18.2 Å². The minimum absolute atomic E-state index is 0.308. The molecule has 19 heavy (non-hydrogen) atoms. The number of carboxylic acids is 1. The molecule has 2 heterocycles. The zero-order valence-electron chi connectivity index (χ0n) is 10.4. The van der Waals surface area contributed by atoms with Crippen LogP contribution in [0.3, 0.4) is 0 Å². The molecule has 0 bridgehead atoms. The molecule has 1 aliphatic heterocycles. The van der Waals surface area contributed by atoms with Crippen LogP contribution < -0.4 is 5.32 Å². The molecule has 1 saturated heterocycles. The number of nitrogens with zero attached hydrogens (tertiary/aromatic N) is 3. The number of hydrogen-bond acceptors (Lipinski definition) is 4. The van der Waals surface area contributed by atoms with Crippen LogP contribution in [0.4, 0.5) is 4.79 Å². The van der Waals surface area contributed by atoms with Gasteiger partial charge in [-0.1, -0.05) is 0 Å². The predicted octanol–water partition coefficient (Wildman–Crippen LogP) is 0.442. The highest BCUT2D eigenvalue weighted by Gasteiger charge is 2.34. The second-order valence-corrected chi connectivity index (χ2v) is 5.18. The molecule has 0 spiro atoms. The van der Waals surface area contributed by atoms with Gasteiger partial charge < -0.3 is 15.3 Å². The number of amides is 2. The van der Waals surface area contributed by atoms with Crippen LogP contribution in [-0.4, -0.2) is 56.0 Å². The van der Waals surface area contributed by atoms with E-state index in [9.17, 15) is 9.59 Å². The highest BCUT2D eigenvalue weighted by atomic mass is 32.2. The standard InChI is InChI=1S/C11H16N4O3S/c16-10(17)9-7-19-8-15(9)11(18)12-3-1-5-14-6-2-4-13-14/h2,4,6,9H,1,3,5,7-8H2,(H,12,18)(H,16,17). The van der Waals surface area contributed by atoms with Crippen LogP contribution in [0, 0.1) is 0 Å². The Labute approximate surface area is 115 Å². The van der Waals surface area contributed by atoms with Crippen molar-refractivity contribution in [1.29, 1.82) is 0 Å². The zero-order chi connectivity index (χ0) is 13.7. The Bertz CT molecular complexity index is 437. The van der Waals surface area contributed by atoms with Crippen molar-refractivity contribution < 1.29 is 14.7 Å². The molecule has 2 N–H and O–H groups in total. The number of aromatic nitrogens is 2. The first-order chi connectivity index (χ1) is 9.18. The lowest BCUT2D eigenvalue weighted by Crippen LogP contribution is -2.47. The molecular weight excluding hydrogens is 268 g/mol. The fourth-order valence-corrected chi connectivity index (χ4v) is 2.96. The Morgan fingerprint density at radius 2 is 2.37 bits per heavy atom. The van der Waals surface area contributed by atoms with Gasteiger partial charge in [0.2, 0.25) is 0 Å². The number of thioether (sulfide) groups is 1. The van der Waals surface area contributed by atoms with Gasteiger partial charge in [-0.15, -0.1) is 11.8 Å². The number of carbonyl (C=O) groups is 2. The monoisotopic (exact) mass is 284 g/mol. The van der Waals surface area contributed by atoms with Crippen molar-refractivity contribution in [1.82, 2.24) is 20.0 Å². The van der Waals surface area contributed by atoms with Crippen LogP contribution in [0.2, 0.25) is 0 Å². The SMILES string of the molecule is O=C(O)C1CSCN1C(=O)NCCCn1cccn1. The molecule has 1 atom stereocenters. The maximum Gasteiger partial charge on any atom is 0.327 e. The molecule has 1 aromatic rings. The van der Waals surface area contributed by atoms with Crippen LogP contribution in [0.1, 0.15) is 6.42 Å². The molecular formula is C11H16N4O3S. The topological polar surface area (TPSA) is 87.5 Å². The number of carbonyl (C=O) groups excluding carboxylic acids is 1. The zero-order valence-corrected chi connectivity index (χ0v) is 11.2. The van der Waals surface area contributed by atoms with Crippen LogP contribution in [0.5, 0.6) is 0 Å². The fourth-order valence-electron chi connectivity index (χ4n) is 1.82. The number of aryl methyl sites for hydroxylation is 1. The molecule has 8 heteroatoms. The number of urea groups is 1. The molecule has 0 aliphatic carbocycles. The van der Waals surface area contributed by atoms with E-state index < -0.39 is 12.0 Å². The lowest BCUT2D eigenvalue weighted by atomic mass is 10.3. The van der Waals surface area contributed by atoms with Crippen molar-refractivity contribution in [3.8, 4) is 0 Å². The molecule has 0 saturated carbocycles. The quantitative estimate of drug-likeness (QED) is 0.766. The third-order valence-electron chi connectivity index (χ3n) is 2.83. The van der Waals surface area contributed by atoms with Gasteiger partial charge in [0.05, 0.1) is 5.88 Å². The van der Waals surface area contributed by atoms with E-state index in [2.05, 4.69) is 10.4 Å². The summed E-state index contributed by atoms with van der Waals surface area (Å²) in [6.45, 7) is 1.23. The van der Waals surface area contributed by atoms with Gasteiger partial charge in [0, 0.05) is 31.2 Å². The summed E-state index contributed by atoms with van der Waals surface area (Å²) in [5.74, 6) is -0.0606. The highest BCUT2D eigenvalue weighted by Crippen LogP contribution is 2.20. The summed E-state index contributed by atoms with van der Waals surface area (Å²) in [6.07, 6.45) is 4.32. The van der Waals surface area contributed by atoms with Crippen molar-refractivity contribution in [3.05, 3.63) is 18.5 Å². The first-order valence-corrected chi connectivity index (χ1v) is 7.16. The van der Waals surface area contributed by atoms with E-state index in [-0.39, 0.29) is 6.03 Å². The van der Waals surface area contributed by atoms with E-state index in [1.165, 1.54) is 16.7 Å². The summed E-state index contributed by atoms with van der Waals surface area (Å²) >= 11 is 1.45. The Hall–Kier alpha value is -1.70. The van der Waals surface area contributed by atoms with Gasteiger partial charge >= 0.3 is 12.0 Å². The number of hydrogen-bond donors (Lipinski definition) is 2. The minimum atomic E-state index is -0.948. The summed E-state index contributed by atoms with van der Waals surface area (Å²) < 4.78 is 1.79. The van der Waals surface area contributed by atoms with E-state index >= 15 is 0 Å². The largest absolute Gasteiger partial charge is 0.480 e. The second-order valence-electron chi connectivity index (χ2n) is 4.18. The third kappa shape index (κ3) is 3.63. The minimum Gasteiger partial charge on any atom is -0.480 e. The van der Waals surface area contributed by atoms with Gasteiger partial charge in [-0.25, -0.2) is 9.59 Å². The van der Waals surface area contributed by atoms with Crippen LogP contribution >= 0.6 is 11.8 Å². The van der Waals surface area contributed by atoms with Crippen LogP contribution in [0.15, 0.2) is 18.5 Å². The van der Waals surface area contributed by atoms with Crippen molar-refractivity contribution in [3.63, 3.8) is 0 Å². The predicted molar refractivity (Wildman–Crippen MR) is 70.8 cm³/mol. The van der Waals surface area contributed by atoms with Crippen molar-refractivity contribution in [2.24, 2.45) is 0 Å². The number of nitrogens with one attached hydrogen (secondary N) is 1. The molecule has 0 aromatic carbocycles. The van der Waals surface area contributed by atoms with Crippen molar-refractivity contribution in [2.75, 3.05) is 18.2 Å². The van der Waals surface area contributed by atoms with Gasteiger partial charge in [0.1, 0.15) is 6.04 Å². The van der Waals surface area contributed by atoms with Gasteiger partial charge in [0.15, 0.2) is 0 Å². The smallest absolute Gasteiger partial charge is 0.327 e. The highest BCUT2D eigenvalue weighted by molar-refractivity contribution is 7.99. The molecule has 1 unspecified atom stereocenters. The summed E-state index contributed by atoms with van der Waals surface area (Å²) in [7, 11) is 0.